The van der Waals surface area contributed by atoms with Crippen LogP contribution < -0.4 is 9.62 Å². The van der Waals surface area contributed by atoms with Crippen LogP contribution in [0.25, 0.3) is 0 Å². The van der Waals surface area contributed by atoms with E-state index < -0.39 is 28.5 Å². The number of anilines is 1. The predicted molar refractivity (Wildman–Crippen MR) is 188 cm³/mol. The lowest BCUT2D eigenvalue weighted by Gasteiger charge is -2.35. The average molecular weight is 652 g/mol. The first-order chi connectivity index (χ1) is 22.6. The highest BCUT2D eigenvalue weighted by atomic mass is 32.2. The van der Waals surface area contributed by atoms with Crippen LogP contribution in [0, 0.1) is 20.8 Å². The summed E-state index contributed by atoms with van der Waals surface area (Å²) in [6, 6.07) is 30.4. The summed E-state index contributed by atoms with van der Waals surface area (Å²) in [4.78, 5) is 30.6. The summed E-state index contributed by atoms with van der Waals surface area (Å²) in [6.45, 7) is 5.49. The van der Waals surface area contributed by atoms with Gasteiger partial charge in [0.2, 0.25) is 11.8 Å². The first kappa shape index (κ1) is 33.9. The molecule has 4 aromatic rings. The van der Waals surface area contributed by atoms with E-state index >= 15 is 0 Å². The zero-order valence-corrected chi connectivity index (χ0v) is 28.4. The third-order valence-electron chi connectivity index (χ3n) is 8.76. The van der Waals surface area contributed by atoms with Gasteiger partial charge in [-0.3, -0.25) is 13.9 Å². The molecule has 1 unspecified atom stereocenters. The van der Waals surface area contributed by atoms with Crippen LogP contribution in [0.3, 0.4) is 0 Å². The molecular formula is C39H45N3O4S. The Balaban J connectivity index is 1.58. The zero-order valence-electron chi connectivity index (χ0n) is 27.6. The molecule has 0 spiro atoms. The van der Waals surface area contributed by atoms with Crippen molar-refractivity contribution in [2.24, 2.45) is 0 Å². The highest BCUT2D eigenvalue weighted by Crippen LogP contribution is 2.27. The van der Waals surface area contributed by atoms with Crippen LogP contribution in [0.2, 0.25) is 0 Å². The molecule has 1 fully saturated rings. The SMILES string of the molecule is Cc1cccc(CN(C(=O)CN(c2cc(C)cc(C)c2)S(=O)(=O)c2ccccc2)C(Cc2ccccc2)C(=O)NC2CCCCC2)c1. The Hall–Kier alpha value is -4.43. The number of nitrogens with one attached hydrogen (secondary N) is 1. The molecule has 0 radical (unpaired) electrons. The fourth-order valence-corrected chi connectivity index (χ4v) is 7.87. The van der Waals surface area contributed by atoms with Gasteiger partial charge in [0.25, 0.3) is 10.0 Å². The van der Waals surface area contributed by atoms with E-state index in [-0.39, 0.29) is 23.4 Å². The quantitative estimate of drug-likeness (QED) is 0.181. The molecule has 47 heavy (non-hydrogen) atoms. The van der Waals surface area contributed by atoms with Crippen molar-refractivity contribution >= 4 is 27.5 Å². The minimum absolute atomic E-state index is 0.0515. The first-order valence-electron chi connectivity index (χ1n) is 16.5. The molecule has 1 N–H and O–H groups in total. The van der Waals surface area contributed by atoms with E-state index in [9.17, 15) is 18.0 Å². The molecular weight excluding hydrogens is 607 g/mol. The Morgan fingerprint density at radius 3 is 2.00 bits per heavy atom. The number of aryl methyl sites for hydroxylation is 3. The highest BCUT2D eigenvalue weighted by Gasteiger charge is 2.35. The lowest BCUT2D eigenvalue weighted by Crippen LogP contribution is -2.55. The number of benzene rings is 4. The molecule has 0 heterocycles. The molecule has 7 nitrogen and oxygen atoms in total. The molecule has 1 aliphatic rings. The second kappa shape index (κ2) is 15.4. The fourth-order valence-electron chi connectivity index (χ4n) is 6.45. The maximum Gasteiger partial charge on any atom is 0.264 e. The van der Waals surface area contributed by atoms with Gasteiger partial charge < -0.3 is 10.2 Å². The monoisotopic (exact) mass is 651 g/mol. The lowest BCUT2D eigenvalue weighted by atomic mass is 9.94. The number of hydrogen-bond acceptors (Lipinski definition) is 4. The molecule has 8 heteroatoms. The normalized spacial score (nSPS) is 14.3. The number of carbonyl (C=O) groups excluding carboxylic acids is 2. The Morgan fingerprint density at radius 1 is 0.745 bits per heavy atom. The van der Waals surface area contributed by atoms with Crippen molar-refractivity contribution in [1.29, 1.82) is 0 Å². The van der Waals surface area contributed by atoms with E-state index in [1.54, 1.807) is 35.2 Å². The van der Waals surface area contributed by atoms with Gasteiger partial charge in [-0.2, -0.15) is 0 Å². The minimum atomic E-state index is -4.14. The van der Waals surface area contributed by atoms with Gasteiger partial charge in [-0.15, -0.1) is 0 Å². The molecule has 5 rings (SSSR count). The van der Waals surface area contributed by atoms with Gasteiger partial charge in [0.05, 0.1) is 10.6 Å². The summed E-state index contributed by atoms with van der Waals surface area (Å²) in [5, 5.41) is 3.26. The third kappa shape index (κ3) is 8.89. The molecule has 2 amide bonds. The summed E-state index contributed by atoms with van der Waals surface area (Å²) in [6.07, 6.45) is 5.38. The maximum absolute atomic E-state index is 14.7. The molecule has 4 aromatic carbocycles. The van der Waals surface area contributed by atoms with E-state index in [0.29, 0.717) is 12.1 Å². The Labute approximate surface area is 279 Å². The molecule has 246 valence electrons. The molecule has 0 aromatic heterocycles. The second-order valence-corrected chi connectivity index (χ2v) is 14.6. The molecule has 0 aliphatic heterocycles. The van der Waals surface area contributed by atoms with E-state index in [0.717, 1.165) is 59.9 Å². The van der Waals surface area contributed by atoms with Crippen LogP contribution in [0.1, 0.15) is 59.9 Å². The van der Waals surface area contributed by atoms with Crippen molar-refractivity contribution in [3.8, 4) is 0 Å². The van der Waals surface area contributed by atoms with Crippen LogP contribution in [0.4, 0.5) is 5.69 Å². The van der Waals surface area contributed by atoms with Gasteiger partial charge in [0.15, 0.2) is 0 Å². The standard InChI is InChI=1S/C39H45N3O4S/c1-29-14-13-17-33(23-29)27-41(37(26-32-15-7-4-8-16-32)39(44)40-34-18-9-5-10-19-34)38(43)28-42(35-24-30(2)22-31(3)25-35)47(45,46)36-20-11-6-12-21-36/h4,6-8,11-17,20-25,34,37H,5,9-10,18-19,26-28H2,1-3H3,(H,40,44). The Kier molecular flexibility index (Phi) is 11.1. The van der Waals surface area contributed by atoms with Crippen molar-refractivity contribution in [2.75, 3.05) is 10.8 Å². The number of nitrogens with zero attached hydrogens (tertiary/aromatic N) is 2. The van der Waals surface area contributed by atoms with E-state index in [1.807, 2.05) is 81.4 Å². The summed E-state index contributed by atoms with van der Waals surface area (Å²) in [5.41, 5.74) is 4.98. The van der Waals surface area contributed by atoms with Gasteiger partial charge in [0, 0.05) is 19.0 Å². The zero-order chi connectivity index (χ0) is 33.4. The van der Waals surface area contributed by atoms with Crippen LogP contribution in [0.15, 0.2) is 108 Å². The fraction of sp³-hybridized carbons (Fsp3) is 0.333. The maximum atomic E-state index is 14.7. The number of carbonyl (C=O) groups is 2. The van der Waals surface area contributed by atoms with Crippen LogP contribution >= 0.6 is 0 Å². The Morgan fingerprint density at radius 2 is 1.36 bits per heavy atom. The van der Waals surface area contributed by atoms with Crippen molar-refractivity contribution in [3.05, 3.63) is 131 Å². The topological polar surface area (TPSA) is 86.8 Å². The first-order valence-corrected chi connectivity index (χ1v) is 17.9. The van der Waals surface area contributed by atoms with Crippen LogP contribution in [-0.2, 0) is 32.6 Å². The number of sulfonamides is 1. The van der Waals surface area contributed by atoms with Crippen molar-refractivity contribution in [3.63, 3.8) is 0 Å². The van der Waals surface area contributed by atoms with E-state index in [2.05, 4.69) is 5.32 Å². The summed E-state index contributed by atoms with van der Waals surface area (Å²) < 4.78 is 29.7. The number of hydrogen-bond donors (Lipinski definition) is 1. The van der Waals surface area contributed by atoms with Crippen molar-refractivity contribution in [1.82, 2.24) is 10.2 Å². The molecule has 1 saturated carbocycles. The van der Waals surface area contributed by atoms with Crippen molar-refractivity contribution in [2.45, 2.75) is 82.8 Å². The van der Waals surface area contributed by atoms with Gasteiger partial charge in [-0.05, 0) is 80.1 Å². The molecule has 1 aliphatic carbocycles. The van der Waals surface area contributed by atoms with Crippen molar-refractivity contribution < 1.29 is 18.0 Å². The molecule has 1 atom stereocenters. The minimum Gasteiger partial charge on any atom is -0.352 e. The summed E-state index contributed by atoms with van der Waals surface area (Å²) in [7, 11) is -4.14. The van der Waals surface area contributed by atoms with E-state index in [4.69, 9.17) is 0 Å². The summed E-state index contributed by atoms with van der Waals surface area (Å²) in [5.74, 6) is -0.671. The summed E-state index contributed by atoms with van der Waals surface area (Å²) >= 11 is 0. The third-order valence-corrected chi connectivity index (χ3v) is 10.6. The van der Waals surface area contributed by atoms with Gasteiger partial charge in [-0.1, -0.05) is 104 Å². The predicted octanol–water partition coefficient (Wildman–Crippen LogP) is 6.90. The van der Waals surface area contributed by atoms with Gasteiger partial charge in [0.1, 0.15) is 12.6 Å². The smallest absolute Gasteiger partial charge is 0.264 e. The van der Waals surface area contributed by atoms with Crippen LogP contribution in [-0.4, -0.2) is 43.8 Å². The van der Waals surface area contributed by atoms with Gasteiger partial charge >= 0.3 is 0 Å². The van der Waals surface area contributed by atoms with E-state index in [1.165, 1.54) is 16.4 Å². The van der Waals surface area contributed by atoms with Gasteiger partial charge in [-0.25, -0.2) is 8.42 Å². The molecule has 0 saturated heterocycles. The largest absolute Gasteiger partial charge is 0.352 e. The lowest BCUT2D eigenvalue weighted by molar-refractivity contribution is -0.140. The van der Waals surface area contributed by atoms with Crippen LogP contribution in [0.5, 0.6) is 0 Å². The second-order valence-electron chi connectivity index (χ2n) is 12.7. The Bertz CT molecular complexity index is 1750. The highest BCUT2D eigenvalue weighted by molar-refractivity contribution is 7.92. The average Bonchev–Trinajstić information content (AvgIpc) is 3.06. The number of rotatable bonds is 12. The molecule has 0 bridgehead atoms. The number of amides is 2.